The van der Waals surface area contributed by atoms with Gasteiger partial charge in [-0.05, 0) is 25.0 Å². The summed E-state index contributed by atoms with van der Waals surface area (Å²) in [6.07, 6.45) is 1.75. The molecule has 0 atom stereocenters. The number of nitrogens with zero attached hydrogens (tertiary/aromatic N) is 1. The van der Waals surface area contributed by atoms with E-state index in [0.29, 0.717) is 5.02 Å². The molecule has 88 valence electrons. The first-order chi connectivity index (χ1) is 7.58. The van der Waals surface area contributed by atoms with Crippen molar-refractivity contribution in [2.45, 2.75) is 32.7 Å². The van der Waals surface area contributed by atoms with Gasteiger partial charge in [0.15, 0.2) is 0 Å². The number of amides is 1. The molecule has 1 amide bonds. The van der Waals surface area contributed by atoms with Crippen molar-refractivity contribution in [3.8, 4) is 0 Å². The third-order valence-electron chi connectivity index (χ3n) is 2.35. The van der Waals surface area contributed by atoms with Crippen LogP contribution >= 0.6 is 23.2 Å². The molecule has 5 heteroatoms. The first kappa shape index (κ1) is 13.3. The summed E-state index contributed by atoms with van der Waals surface area (Å²) in [5, 5.41) is 3.43. The number of aromatic nitrogens is 1. The Morgan fingerprint density at radius 3 is 2.56 bits per heavy atom. The Labute approximate surface area is 105 Å². The van der Waals surface area contributed by atoms with Gasteiger partial charge in [0.1, 0.15) is 10.8 Å². The molecule has 1 aromatic heterocycles. The Balaban J connectivity index is 2.83. The van der Waals surface area contributed by atoms with E-state index in [0.717, 1.165) is 12.8 Å². The maximum atomic E-state index is 11.8. The molecule has 1 aromatic rings. The molecule has 1 heterocycles. The van der Waals surface area contributed by atoms with E-state index in [9.17, 15) is 4.79 Å². The topological polar surface area (TPSA) is 42.0 Å². The fourth-order valence-electron chi connectivity index (χ4n) is 1.32. The van der Waals surface area contributed by atoms with Gasteiger partial charge in [-0.2, -0.15) is 0 Å². The second-order valence-electron chi connectivity index (χ2n) is 3.45. The summed E-state index contributed by atoms with van der Waals surface area (Å²) in [5.74, 6) is -0.277. The molecule has 0 aromatic carbocycles. The van der Waals surface area contributed by atoms with Gasteiger partial charge in [-0.25, -0.2) is 4.98 Å². The summed E-state index contributed by atoms with van der Waals surface area (Å²) in [5.41, 5.74) is 0.182. The summed E-state index contributed by atoms with van der Waals surface area (Å²) >= 11 is 11.6. The lowest BCUT2D eigenvalue weighted by Crippen LogP contribution is -2.34. The lowest BCUT2D eigenvalue weighted by molar-refractivity contribution is 0.0930. The SMILES string of the molecule is CCC(CC)NC(=O)c1nc(Cl)ccc1Cl. The summed E-state index contributed by atoms with van der Waals surface area (Å²) in [4.78, 5) is 15.7. The van der Waals surface area contributed by atoms with E-state index < -0.39 is 0 Å². The van der Waals surface area contributed by atoms with Gasteiger partial charge in [-0.1, -0.05) is 37.0 Å². The number of pyridine rings is 1. The van der Waals surface area contributed by atoms with E-state index in [4.69, 9.17) is 23.2 Å². The fourth-order valence-corrected chi connectivity index (χ4v) is 1.66. The van der Waals surface area contributed by atoms with Gasteiger partial charge >= 0.3 is 0 Å². The van der Waals surface area contributed by atoms with Crippen molar-refractivity contribution in [3.05, 3.63) is 28.0 Å². The van der Waals surface area contributed by atoms with E-state index in [1.54, 1.807) is 12.1 Å². The van der Waals surface area contributed by atoms with E-state index >= 15 is 0 Å². The summed E-state index contributed by atoms with van der Waals surface area (Å²) in [6.45, 7) is 4.03. The summed E-state index contributed by atoms with van der Waals surface area (Å²) in [6, 6.07) is 3.26. The predicted molar refractivity (Wildman–Crippen MR) is 66.1 cm³/mol. The molecule has 0 fully saturated rings. The largest absolute Gasteiger partial charge is 0.348 e. The van der Waals surface area contributed by atoms with Gasteiger partial charge in [0, 0.05) is 6.04 Å². The molecule has 0 aliphatic rings. The van der Waals surface area contributed by atoms with E-state index in [1.165, 1.54) is 0 Å². The number of halogens is 2. The van der Waals surface area contributed by atoms with Crippen LogP contribution in [-0.2, 0) is 0 Å². The average Bonchev–Trinajstić information content (AvgIpc) is 2.28. The molecule has 1 N–H and O–H groups in total. The molecule has 0 aliphatic carbocycles. The van der Waals surface area contributed by atoms with Gasteiger partial charge in [-0.15, -0.1) is 0 Å². The lowest BCUT2D eigenvalue weighted by Gasteiger charge is -2.14. The van der Waals surface area contributed by atoms with Crippen LogP contribution in [0.1, 0.15) is 37.2 Å². The van der Waals surface area contributed by atoms with Crippen molar-refractivity contribution >= 4 is 29.1 Å². The smallest absolute Gasteiger partial charge is 0.271 e. The molecule has 0 radical (unpaired) electrons. The molecule has 3 nitrogen and oxygen atoms in total. The number of nitrogens with one attached hydrogen (secondary N) is 1. The maximum Gasteiger partial charge on any atom is 0.271 e. The minimum absolute atomic E-state index is 0.143. The van der Waals surface area contributed by atoms with E-state index in [2.05, 4.69) is 10.3 Å². The van der Waals surface area contributed by atoms with E-state index in [-0.39, 0.29) is 22.8 Å². The molecule has 0 saturated carbocycles. The van der Waals surface area contributed by atoms with Crippen LogP contribution in [0.4, 0.5) is 0 Å². The van der Waals surface area contributed by atoms with Gasteiger partial charge in [0.2, 0.25) is 0 Å². The van der Waals surface area contributed by atoms with Crippen LogP contribution in [0.2, 0.25) is 10.2 Å². The molecule has 16 heavy (non-hydrogen) atoms. The highest BCUT2D eigenvalue weighted by atomic mass is 35.5. The number of carbonyl (C=O) groups is 1. The number of hydrogen-bond donors (Lipinski definition) is 1. The minimum Gasteiger partial charge on any atom is -0.348 e. The second-order valence-corrected chi connectivity index (χ2v) is 4.25. The number of rotatable bonds is 4. The lowest BCUT2D eigenvalue weighted by atomic mass is 10.1. The Hall–Kier alpha value is -0.800. The zero-order valence-electron chi connectivity index (χ0n) is 9.26. The zero-order valence-corrected chi connectivity index (χ0v) is 10.8. The van der Waals surface area contributed by atoms with Crippen LogP contribution in [0.3, 0.4) is 0 Å². The molecule has 0 aliphatic heterocycles. The molecule has 0 bridgehead atoms. The Morgan fingerprint density at radius 1 is 1.38 bits per heavy atom. The van der Waals surface area contributed by atoms with Crippen LogP contribution in [0.25, 0.3) is 0 Å². The quantitative estimate of drug-likeness (QED) is 0.845. The van der Waals surface area contributed by atoms with Gasteiger partial charge in [-0.3, -0.25) is 4.79 Å². The molecular weight excluding hydrogens is 247 g/mol. The first-order valence-electron chi connectivity index (χ1n) is 5.21. The van der Waals surface area contributed by atoms with Gasteiger partial charge in [0.05, 0.1) is 5.02 Å². The highest BCUT2D eigenvalue weighted by molar-refractivity contribution is 6.34. The van der Waals surface area contributed by atoms with Gasteiger partial charge < -0.3 is 5.32 Å². The van der Waals surface area contributed by atoms with Crippen LogP contribution < -0.4 is 5.32 Å². The van der Waals surface area contributed by atoms with Crippen LogP contribution in [0.15, 0.2) is 12.1 Å². The summed E-state index contributed by atoms with van der Waals surface area (Å²) in [7, 11) is 0. The molecule has 0 spiro atoms. The van der Waals surface area contributed by atoms with Crippen molar-refractivity contribution in [3.63, 3.8) is 0 Å². The van der Waals surface area contributed by atoms with Crippen molar-refractivity contribution in [2.75, 3.05) is 0 Å². The zero-order chi connectivity index (χ0) is 12.1. The van der Waals surface area contributed by atoms with Crippen LogP contribution in [-0.4, -0.2) is 16.9 Å². The normalized spacial score (nSPS) is 10.6. The van der Waals surface area contributed by atoms with Crippen molar-refractivity contribution in [1.82, 2.24) is 10.3 Å². The maximum absolute atomic E-state index is 11.8. The molecule has 0 saturated heterocycles. The molecular formula is C11H14Cl2N2O. The van der Waals surface area contributed by atoms with Crippen LogP contribution in [0, 0.1) is 0 Å². The monoisotopic (exact) mass is 260 g/mol. The predicted octanol–water partition coefficient (Wildman–Crippen LogP) is 3.31. The standard InChI is InChI=1S/C11H14Cl2N2O/c1-3-7(4-2)14-11(16)10-8(12)5-6-9(13)15-10/h5-7H,3-4H2,1-2H3,(H,14,16). The molecule has 1 rings (SSSR count). The van der Waals surface area contributed by atoms with Gasteiger partial charge in [0.25, 0.3) is 5.91 Å². The third kappa shape index (κ3) is 3.35. The van der Waals surface area contributed by atoms with Crippen LogP contribution in [0.5, 0.6) is 0 Å². The Kier molecular flexibility index (Phi) is 5.03. The molecule has 0 unspecified atom stereocenters. The Bertz CT molecular complexity index is 378. The third-order valence-corrected chi connectivity index (χ3v) is 2.86. The minimum atomic E-state index is -0.277. The van der Waals surface area contributed by atoms with E-state index in [1.807, 2.05) is 13.8 Å². The Morgan fingerprint density at radius 2 is 2.00 bits per heavy atom. The number of hydrogen-bond acceptors (Lipinski definition) is 2. The van der Waals surface area contributed by atoms with Crippen molar-refractivity contribution in [1.29, 1.82) is 0 Å². The second kappa shape index (κ2) is 6.06. The first-order valence-corrected chi connectivity index (χ1v) is 5.97. The number of carbonyl (C=O) groups excluding carboxylic acids is 1. The van der Waals surface area contributed by atoms with Crippen molar-refractivity contribution < 1.29 is 4.79 Å². The average molecular weight is 261 g/mol. The fraction of sp³-hybridized carbons (Fsp3) is 0.455. The highest BCUT2D eigenvalue weighted by Gasteiger charge is 2.15. The van der Waals surface area contributed by atoms with Crippen molar-refractivity contribution in [2.24, 2.45) is 0 Å². The highest BCUT2D eigenvalue weighted by Crippen LogP contribution is 2.17. The summed E-state index contributed by atoms with van der Waals surface area (Å²) < 4.78 is 0.